The van der Waals surface area contributed by atoms with Gasteiger partial charge in [0, 0.05) is 13.0 Å². The molecule has 0 bridgehead atoms. The molecule has 4 atom stereocenters. The Morgan fingerprint density at radius 2 is 1.56 bits per heavy atom. The quantitative estimate of drug-likeness (QED) is 0.220. The summed E-state index contributed by atoms with van der Waals surface area (Å²) >= 11 is 0. The Morgan fingerprint density at radius 3 is 2.09 bits per heavy atom. The Labute approximate surface area is 255 Å². The first-order valence-corrected chi connectivity index (χ1v) is 16.3. The zero-order chi connectivity index (χ0) is 31.0. The van der Waals surface area contributed by atoms with Crippen molar-refractivity contribution in [2.75, 3.05) is 34.4 Å². The number of alkyl carbamates (subject to hydrolysis) is 1. The van der Waals surface area contributed by atoms with Crippen LogP contribution in [0.1, 0.15) is 39.2 Å². The molecule has 232 valence electrons. The summed E-state index contributed by atoms with van der Waals surface area (Å²) in [4.78, 5) is 12.5. The number of ether oxygens (including phenoxy) is 5. The molecule has 10 heteroatoms. The fraction of sp³-hybridized carbons (Fsp3) is 0.424. The van der Waals surface area contributed by atoms with E-state index in [-0.39, 0.29) is 25.2 Å². The maximum absolute atomic E-state index is 12.5. The van der Waals surface area contributed by atoms with Crippen LogP contribution in [0.5, 0.6) is 11.5 Å². The van der Waals surface area contributed by atoms with Crippen LogP contribution in [0.2, 0.25) is 5.04 Å². The number of amides is 1. The van der Waals surface area contributed by atoms with Gasteiger partial charge in [-0.05, 0) is 40.0 Å². The third-order valence-corrected chi connectivity index (χ3v) is 13.0. The van der Waals surface area contributed by atoms with E-state index in [2.05, 4.69) is 50.4 Å². The fourth-order valence-electron chi connectivity index (χ4n) is 5.95. The first-order valence-electron chi connectivity index (χ1n) is 14.4. The number of aliphatic hydroxyl groups excluding tert-OH is 1. The molecule has 0 aromatic heterocycles. The molecule has 43 heavy (non-hydrogen) atoms. The molecular weight excluding hydrogens is 566 g/mol. The molecule has 0 fully saturated rings. The van der Waals surface area contributed by atoms with Crippen LogP contribution in [-0.4, -0.2) is 72.2 Å². The lowest BCUT2D eigenvalue weighted by molar-refractivity contribution is -0.118. The second-order valence-electron chi connectivity index (χ2n) is 11.6. The molecule has 1 aliphatic heterocycles. The highest BCUT2D eigenvalue weighted by Gasteiger charge is 2.52. The van der Waals surface area contributed by atoms with Crippen LogP contribution in [0.25, 0.3) is 0 Å². The lowest BCUT2D eigenvalue weighted by Crippen LogP contribution is -2.68. The van der Waals surface area contributed by atoms with Gasteiger partial charge in [0.05, 0.1) is 32.0 Å². The molecule has 1 heterocycles. The van der Waals surface area contributed by atoms with Crippen molar-refractivity contribution in [2.24, 2.45) is 0 Å². The van der Waals surface area contributed by atoms with Crippen LogP contribution in [0, 0.1) is 0 Å². The van der Waals surface area contributed by atoms with Gasteiger partial charge >= 0.3 is 6.09 Å². The number of benzene rings is 3. The molecule has 1 aliphatic rings. The van der Waals surface area contributed by atoms with E-state index in [0.717, 1.165) is 15.9 Å². The van der Waals surface area contributed by atoms with Crippen LogP contribution in [0.3, 0.4) is 0 Å². The van der Waals surface area contributed by atoms with Crippen molar-refractivity contribution in [1.82, 2.24) is 5.32 Å². The largest absolute Gasteiger partial charge is 0.454 e. The lowest BCUT2D eigenvalue weighted by Gasteiger charge is -2.47. The molecule has 0 spiro atoms. The predicted octanol–water partition coefficient (Wildman–Crippen LogP) is 4.17. The number of nitrogens with one attached hydrogen (secondary N) is 1. The lowest BCUT2D eigenvalue weighted by atomic mass is 9.84. The van der Waals surface area contributed by atoms with E-state index in [4.69, 9.17) is 28.1 Å². The van der Waals surface area contributed by atoms with Gasteiger partial charge in [-0.3, -0.25) is 0 Å². The topological polar surface area (TPSA) is 105 Å². The van der Waals surface area contributed by atoms with Crippen molar-refractivity contribution in [3.63, 3.8) is 0 Å². The van der Waals surface area contributed by atoms with E-state index >= 15 is 0 Å². The molecule has 3 aromatic carbocycles. The van der Waals surface area contributed by atoms with Crippen molar-refractivity contribution < 1.29 is 38.0 Å². The minimum Gasteiger partial charge on any atom is -0.454 e. The number of carbonyl (C=O) groups is 1. The first-order chi connectivity index (χ1) is 20.7. The number of rotatable bonds is 13. The smallest absolute Gasteiger partial charge is 0.407 e. The Bertz CT molecular complexity index is 1280. The van der Waals surface area contributed by atoms with Gasteiger partial charge in [-0.15, -0.1) is 0 Å². The van der Waals surface area contributed by atoms with Crippen LogP contribution in [0.15, 0.2) is 78.9 Å². The Hall–Kier alpha value is -3.41. The van der Waals surface area contributed by atoms with Crippen molar-refractivity contribution in [1.29, 1.82) is 0 Å². The van der Waals surface area contributed by atoms with Crippen molar-refractivity contribution in [3.05, 3.63) is 84.4 Å². The van der Waals surface area contributed by atoms with Gasteiger partial charge in [0.2, 0.25) is 6.79 Å². The van der Waals surface area contributed by atoms with E-state index in [1.807, 2.05) is 61.5 Å². The number of methoxy groups -OCH3 is 2. The second kappa shape index (κ2) is 14.4. The monoisotopic (exact) mass is 609 g/mol. The summed E-state index contributed by atoms with van der Waals surface area (Å²) in [5, 5.41) is 15.4. The Kier molecular flexibility index (Phi) is 10.9. The minimum atomic E-state index is -3.00. The maximum atomic E-state index is 12.5. The highest BCUT2D eigenvalue weighted by molar-refractivity contribution is 6.99. The normalized spacial score (nSPS) is 15.8. The third-order valence-electron chi connectivity index (χ3n) is 7.87. The molecule has 3 aromatic rings. The summed E-state index contributed by atoms with van der Waals surface area (Å²) in [5.74, 6) is 0.597. The number of hydrogen-bond acceptors (Lipinski definition) is 8. The average Bonchev–Trinajstić information content (AvgIpc) is 3.49. The summed E-state index contributed by atoms with van der Waals surface area (Å²) in [6, 6.07) is 25.5. The van der Waals surface area contributed by atoms with Gasteiger partial charge in [0.25, 0.3) is 8.32 Å². The van der Waals surface area contributed by atoms with Gasteiger partial charge in [-0.1, -0.05) is 87.5 Å². The van der Waals surface area contributed by atoms with Gasteiger partial charge in [-0.2, -0.15) is 0 Å². The van der Waals surface area contributed by atoms with E-state index in [9.17, 15) is 9.90 Å². The highest BCUT2D eigenvalue weighted by Crippen LogP contribution is 2.41. The number of carbonyl (C=O) groups excluding carboxylic acids is 1. The molecule has 2 N–H and O–H groups in total. The minimum absolute atomic E-state index is 0.0312. The third kappa shape index (κ3) is 7.05. The number of aliphatic hydroxyl groups is 1. The zero-order valence-electron chi connectivity index (χ0n) is 25.7. The van der Waals surface area contributed by atoms with Gasteiger partial charge in [0.1, 0.15) is 6.79 Å². The van der Waals surface area contributed by atoms with E-state index in [0.29, 0.717) is 11.5 Å². The standard InChI is InChI=1S/C33H43NO8Si/c1-23(42-43(33(2,3)4,25-13-9-7-10-14-25)26-15-11-8-12-16-26)31(41-21-37-5)30(27(20-35)34-32(36)38-6)24-17-18-28-29(19-24)40-22-39-28/h7-19,23,27,30-31,35H,20-22H2,1-6H3,(H,34,36)/t23-,27+,30-,31+/m1/s1. The summed E-state index contributed by atoms with van der Waals surface area (Å²) in [6.45, 7) is 8.31. The van der Waals surface area contributed by atoms with Crippen LogP contribution in [-0.2, 0) is 18.6 Å². The molecule has 0 saturated carbocycles. The molecule has 0 unspecified atom stereocenters. The predicted molar refractivity (Wildman–Crippen MR) is 167 cm³/mol. The molecule has 0 aliphatic carbocycles. The van der Waals surface area contributed by atoms with E-state index < -0.39 is 38.6 Å². The Balaban J connectivity index is 1.87. The van der Waals surface area contributed by atoms with Crippen molar-refractivity contribution in [2.45, 2.75) is 56.9 Å². The SMILES string of the molecule is COCO[C@H]([C@H](c1ccc2c(c1)OCO2)[C@H](CO)NC(=O)OC)[C@@H](C)O[Si](c1ccccc1)(c1ccccc1)C(C)(C)C. The van der Waals surface area contributed by atoms with Crippen LogP contribution in [0.4, 0.5) is 4.79 Å². The van der Waals surface area contributed by atoms with Crippen molar-refractivity contribution in [3.8, 4) is 11.5 Å². The maximum Gasteiger partial charge on any atom is 0.407 e. The fourth-order valence-corrected chi connectivity index (χ4v) is 10.7. The number of hydrogen-bond donors (Lipinski definition) is 2. The molecular formula is C33H43NO8Si. The van der Waals surface area contributed by atoms with E-state index in [1.54, 1.807) is 7.11 Å². The van der Waals surface area contributed by atoms with Crippen molar-refractivity contribution >= 4 is 24.8 Å². The second-order valence-corrected chi connectivity index (χ2v) is 15.8. The van der Waals surface area contributed by atoms with Gasteiger partial charge in [0.15, 0.2) is 11.5 Å². The van der Waals surface area contributed by atoms with Gasteiger partial charge in [-0.25, -0.2) is 4.79 Å². The molecule has 1 amide bonds. The molecule has 9 nitrogen and oxygen atoms in total. The zero-order valence-corrected chi connectivity index (χ0v) is 26.7. The summed E-state index contributed by atoms with van der Waals surface area (Å²) < 4.78 is 35.4. The molecule has 0 radical (unpaired) electrons. The summed E-state index contributed by atoms with van der Waals surface area (Å²) in [5.41, 5.74) is 0.763. The summed E-state index contributed by atoms with van der Waals surface area (Å²) in [6.07, 6.45) is -1.89. The Morgan fingerprint density at radius 1 is 0.953 bits per heavy atom. The first kappa shape index (κ1) is 32.5. The number of fused-ring (bicyclic) bond motifs is 1. The van der Waals surface area contributed by atoms with E-state index in [1.165, 1.54) is 7.11 Å². The van der Waals surface area contributed by atoms with Crippen LogP contribution < -0.4 is 25.2 Å². The molecule has 4 rings (SSSR count). The van der Waals surface area contributed by atoms with Crippen LogP contribution >= 0.6 is 0 Å². The highest BCUT2D eigenvalue weighted by atomic mass is 28.4. The molecule has 0 saturated heterocycles. The van der Waals surface area contributed by atoms with Gasteiger partial charge < -0.3 is 38.5 Å². The average molecular weight is 610 g/mol. The summed E-state index contributed by atoms with van der Waals surface area (Å²) in [7, 11) is -0.165.